The lowest BCUT2D eigenvalue weighted by Gasteiger charge is -2.27. The molecule has 0 aliphatic carbocycles. The summed E-state index contributed by atoms with van der Waals surface area (Å²) in [6.45, 7) is 0.802. The van der Waals surface area contributed by atoms with Gasteiger partial charge in [-0.05, 0) is 48.5 Å². The molecule has 0 radical (unpaired) electrons. The Bertz CT molecular complexity index is 1800. The summed E-state index contributed by atoms with van der Waals surface area (Å²) in [6.07, 6.45) is 5.91. The van der Waals surface area contributed by atoms with Gasteiger partial charge in [0.15, 0.2) is 5.58 Å². The molecule has 0 N–H and O–H groups in total. The highest BCUT2D eigenvalue weighted by atomic mass is 16.5. The van der Waals surface area contributed by atoms with Gasteiger partial charge in [-0.25, -0.2) is 4.98 Å². The Hall–Kier alpha value is -5.23. The van der Waals surface area contributed by atoms with Crippen molar-refractivity contribution in [3.8, 4) is 11.6 Å². The summed E-state index contributed by atoms with van der Waals surface area (Å²) in [7, 11) is 2.07. The number of hydrogen-bond acceptors (Lipinski definition) is 6. The second-order valence-electron chi connectivity index (χ2n) is 9.54. The van der Waals surface area contributed by atoms with Crippen LogP contribution in [0.2, 0.25) is 0 Å². The maximum atomic E-state index is 6.52. The van der Waals surface area contributed by atoms with E-state index in [0.717, 1.165) is 51.4 Å². The molecule has 7 rings (SSSR count). The van der Waals surface area contributed by atoms with Gasteiger partial charge in [0.1, 0.15) is 11.3 Å². The van der Waals surface area contributed by atoms with Gasteiger partial charge in [0, 0.05) is 65.6 Å². The van der Waals surface area contributed by atoms with Crippen molar-refractivity contribution in [2.45, 2.75) is 0 Å². The first kappa shape index (κ1) is 22.9. The van der Waals surface area contributed by atoms with E-state index >= 15 is 0 Å². The molecule has 0 bridgehead atoms. The predicted molar refractivity (Wildman–Crippen MR) is 157 cm³/mol. The number of fused-ring (bicyclic) bond motifs is 3. The molecule has 6 aromatic rings. The third kappa shape index (κ3) is 4.32. The van der Waals surface area contributed by atoms with Crippen LogP contribution in [-0.4, -0.2) is 23.6 Å². The Morgan fingerprint density at radius 2 is 1.59 bits per heavy atom. The summed E-state index contributed by atoms with van der Waals surface area (Å²) in [4.78, 5) is 11.0. The molecule has 6 nitrogen and oxygen atoms in total. The van der Waals surface area contributed by atoms with Crippen LogP contribution in [0.15, 0.2) is 132 Å². The van der Waals surface area contributed by atoms with Crippen molar-refractivity contribution in [1.29, 1.82) is 0 Å². The maximum absolute atomic E-state index is 6.52. The SMILES string of the molecule is CN1C=CN(c2cccc(N(c3ccccc3)c3cc(Oc4ccccn4)cc4c3oc3ccccc34)c2)C1. The fourth-order valence-corrected chi connectivity index (χ4v) is 5.05. The zero-order valence-corrected chi connectivity index (χ0v) is 21.4. The second-order valence-corrected chi connectivity index (χ2v) is 9.54. The minimum atomic E-state index is 0.536. The third-order valence-corrected chi connectivity index (χ3v) is 6.84. The van der Waals surface area contributed by atoms with Crippen LogP contribution in [0.3, 0.4) is 0 Å². The Balaban J connectivity index is 1.45. The molecule has 2 aromatic heterocycles. The molecule has 3 heterocycles. The van der Waals surface area contributed by atoms with Gasteiger partial charge < -0.3 is 23.9 Å². The third-order valence-electron chi connectivity index (χ3n) is 6.84. The average molecular weight is 511 g/mol. The molecule has 0 saturated heterocycles. The quantitative estimate of drug-likeness (QED) is 0.224. The number of para-hydroxylation sites is 2. The molecule has 39 heavy (non-hydrogen) atoms. The molecular formula is C33H26N4O2. The molecule has 190 valence electrons. The topological polar surface area (TPSA) is 45.0 Å². The van der Waals surface area contributed by atoms with E-state index in [1.807, 2.05) is 54.6 Å². The molecule has 4 aromatic carbocycles. The summed E-state index contributed by atoms with van der Waals surface area (Å²) in [5, 5.41) is 2.02. The van der Waals surface area contributed by atoms with E-state index in [-0.39, 0.29) is 0 Å². The Morgan fingerprint density at radius 3 is 2.41 bits per heavy atom. The van der Waals surface area contributed by atoms with Crippen LogP contribution < -0.4 is 14.5 Å². The van der Waals surface area contributed by atoms with Crippen LogP contribution in [0.1, 0.15) is 0 Å². The number of anilines is 4. The number of rotatable bonds is 6. The number of nitrogens with zero attached hydrogens (tertiary/aromatic N) is 4. The van der Waals surface area contributed by atoms with E-state index in [1.54, 1.807) is 6.20 Å². The maximum Gasteiger partial charge on any atom is 0.219 e. The van der Waals surface area contributed by atoms with Crippen LogP contribution in [-0.2, 0) is 0 Å². The molecule has 6 heteroatoms. The highest BCUT2D eigenvalue weighted by molar-refractivity contribution is 6.11. The smallest absolute Gasteiger partial charge is 0.219 e. The molecule has 0 spiro atoms. The summed E-state index contributed by atoms with van der Waals surface area (Å²) < 4.78 is 12.8. The Kier molecular flexibility index (Phi) is 5.63. The normalized spacial score (nSPS) is 12.9. The highest BCUT2D eigenvalue weighted by Gasteiger charge is 2.22. The van der Waals surface area contributed by atoms with Gasteiger partial charge in [-0.1, -0.05) is 48.5 Å². The summed E-state index contributed by atoms with van der Waals surface area (Å²) in [5.41, 5.74) is 5.64. The van der Waals surface area contributed by atoms with Crippen molar-refractivity contribution in [1.82, 2.24) is 9.88 Å². The first-order valence-electron chi connectivity index (χ1n) is 12.9. The van der Waals surface area contributed by atoms with E-state index in [1.165, 1.54) is 0 Å². The zero-order chi connectivity index (χ0) is 26.2. The van der Waals surface area contributed by atoms with E-state index in [2.05, 4.69) is 93.7 Å². The van der Waals surface area contributed by atoms with Crippen molar-refractivity contribution in [2.75, 3.05) is 23.5 Å². The van der Waals surface area contributed by atoms with Gasteiger partial charge >= 0.3 is 0 Å². The first-order valence-corrected chi connectivity index (χ1v) is 12.9. The average Bonchev–Trinajstić information content (AvgIpc) is 3.58. The number of hydrogen-bond donors (Lipinski definition) is 0. The Labute approximate surface area is 226 Å². The molecule has 0 fully saturated rings. The lowest BCUT2D eigenvalue weighted by atomic mass is 10.1. The van der Waals surface area contributed by atoms with Gasteiger partial charge in [-0.2, -0.15) is 0 Å². The lowest BCUT2D eigenvalue weighted by Crippen LogP contribution is -2.21. The minimum absolute atomic E-state index is 0.536. The Morgan fingerprint density at radius 1 is 0.769 bits per heavy atom. The summed E-state index contributed by atoms with van der Waals surface area (Å²) >= 11 is 0. The molecule has 1 aliphatic rings. The van der Waals surface area contributed by atoms with Crippen molar-refractivity contribution < 1.29 is 9.15 Å². The molecular weight excluding hydrogens is 484 g/mol. The highest BCUT2D eigenvalue weighted by Crippen LogP contribution is 2.45. The molecule has 0 atom stereocenters. The van der Waals surface area contributed by atoms with E-state index in [0.29, 0.717) is 11.6 Å². The van der Waals surface area contributed by atoms with Crippen molar-refractivity contribution in [2.24, 2.45) is 0 Å². The minimum Gasteiger partial charge on any atom is -0.454 e. The summed E-state index contributed by atoms with van der Waals surface area (Å²) in [5.74, 6) is 1.22. The number of pyridine rings is 1. The van der Waals surface area contributed by atoms with Crippen molar-refractivity contribution >= 4 is 44.7 Å². The van der Waals surface area contributed by atoms with E-state index < -0.39 is 0 Å². The largest absolute Gasteiger partial charge is 0.454 e. The lowest BCUT2D eigenvalue weighted by molar-refractivity contribution is 0.463. The second kappa shape index (κ2) is 9.58. The standard InChI is InChI=1S/C33H26N4O2/c1-35-18-19-36(23-35)25-12-9-13-26(20-25)37(24-10-3-2-4-11-24)30-22-27(38-32-16-7-8-17-34-32)21-29-28-14-5-6-15-31(28)39-33(29)30/h2-22H,23H2,1H3. The van der Waals surface area contributed by atoms with E-state index in [9.17, 15) is 0 Å². The van der Waals surface area contributed by atoms with Crippen LogP contribution in [0, 0.1) is 0 Å². The molecule has 0 saturated carbocycles. The predicted octanol–water partition coefficient (Wildman–Crippen LogP) is 8.42. The van der Waals surface area contributed by atoms with Gasteiger partial charge in [0.2, 0.25) is 5.88 Å². The van der Waals surface area contributed by atoms with Crippen molar-refractivity contribution in [3.63, 3.8) is 0 Å². The monoisotopic (exact) mass is 510 g/mol. The molecule has 1 aliphatic heterocycles. The van der Waals surface area contributed by atoms with Crippen LogP contribution in [0.5, 0.6) is 11.6 Å². The zero-order valence-electron chi connectivity index (χ0n) is 21.4. The van der Waals surface area contributed by atoms with Crippen molar-refractivity contribution in [3.05, 3.63) is 128 Å². The molecule has 0 unspecified atom stereocenters. The first-order chi connectivity index (χ1) is 19.2. The van der Waals surface area contributed by atoms with Gasteiger partial charge in [0.25, 0.3) is 0 Å². The van der Waals surface area contributed by atoms with Gasteiger partial charge in [-0.15, -0.1) is 0 Å². The fourth-order valence-electron chi connectivity index (χ4n) is 5.05. The van der Waals surface area contributed by atoms with Gasteiger partial charge in [-0.3, -0.25) is 0 Å². The van der Waals surface area contributed by atoms with Gasteiger partial charge in [0.05, 0.1) is 12.4 Å². The fraction of sp³-hybridized carbons (Fsp3) is 0.0606. The number of benzene rings is 4. The van der Waals surface area contributed by atoms with Crippen LogP contribution in [0.25, 0.3) is 21.9 Å². The van der Waals surface area contributed by atoms with Crippen LogP contribution in [0.4, 0.5) is 22.7 Å². The number of ether oxygens (including phenoxy) is 1. The molecule has 0 amide bonds. The summed E-state index contributed by atoms with van der Waals surface area (Å²) in [6, 6.07) is 36.7. The van der Waals surface area contributed by atoms with E-state index in [4.69, 9.17) is 9.15 Å². The van der Waals surface area contributed by atoms with Crippen LogP contribution >= 0.6 is 0 Å². The number of furan rings is 1. The number of aromatic nitrogens is 1.